The van der Waals surface area contributed by atoms with Crippen molar-refractivity contribution in [1.29, 1.82) is 0 Å². The molecule has 1 amide bonds. The topological polar surface area (TPSA) is 68.3 Å². The Balaban J connectivity index is 2.63. The second kappa shape index (κ2) is 5.20. The summed E-state index contributed by atoms with van der Waals surface area (Å²) in [5, 5.41) is 2.36. The molecule has 0 bridgehead atoms. The Bertz CT molecular complexity index is 421. The van der Waals surface area contributed by atoms with Crippen LogP contribution < -0.4 is 5.32 Å². The zero-order valence-corrected chi connectivity index (χ0v) is 8.91. The first kappa shape index (κ1) is 12.1. The number of pyridine rings is 1. The Morgan fingerprint density at radius 1 is 1.50 bits per heavy atom. The molecule has 0 saturated heterocycles. The van der Waals surface area contributed by atoms with Crippen LogP contribution in [0.25, 0.3) is 0 Å². The lowest BCUT2D eigenvalue weighted by molar-refractivity contribution is -0.142. The first-order valence-electron chi connectivity index (χ1n) is 4.52. The van der Waals surface area contributed by atoms with Gasteiger partial charge in [-0.2, -0.15) is 0 Å². The Hall–Kier alpha value is -1.98. The number of amides is 1. The predicted molar refractivity (Wildman–Crippen MR) is 54.2 cm³/mol. The summed E-state index contributed by atoms with van der Waals surface area (Å²) >= 11 is 0. The highest BCUT2D eigenvalue weighted by Crippen LogP contribution is 2.08. The maximum absolute atomic E-state index is 12.9. The van der Waals surface area contributed by atoms with Crippen molar-refractivity contribution in [2.45, 2.75) is 13.3 Å². The van der Waals surface area contributed by atoms with Gasteiger partial charge < -0.3 is 10.1 Å². The average molecular weight is 226 g/mol. The molecule has 0 unspecified atom stereocenters. The van der Waals surface area contributed by atoms with E-state index in [9.17, 15) is 14.0 Å². The predicted octanol–water partition coefficient (Wildman–Crippen LogP) is 1.03. The van der Waals surface area contributed by atoms with Gasteiger partial charge in [0.25, 0.3) is 0 Å². The van der Waals surface area contributed by atoms with E-state index in [1.54, 1.807) is 0 Å². The van der Waals surface area contributed by atoms with Crippen LogP contribution in [0.3, 0.4) is 0 Å². The molecular formula is C10H11FN2O3. The molecule has 0 radical (unpaired) electrons. The Labute approximate surface area is 91.6 Å². The molecule has 0 aliphatic carbocycles. The second-order valence-electron chi connectivity index (χ2n) is 3.06. The summed E-state index contributed by atoms with van der Waals surface area (Å²) in [6, 6.07) is 2.51. The summed E-state index contributed by atoms with van der Waals surface area (Å²) in [4.78, 5) is 25.8. The number of carbonyl (C=O) groups excluding carboxylic acids is 2. The molecule has 0 spiro atoms. The average Bonchev–Trinajstić information content (AvgIpc) is 2.23. The van der Waals surface area contributed by atoms with Crippen LogP contribution in [0.2, 0.25) is 0 Å². The fourth-order valence-electron chi connectivity index (χ4n) is 1.00. The summed E-state index contributed by atoms with van der Waals surface area (Å²) in [5.41, 5.74) is 0.177. The number of anilines is 1. The highest BCUT2D eigenvalue weighted by Gasteiger charge is 2.10. The number of methoxy groups -OCH3 is 1. The van der Waals surface area contributed by atoms with Crippen molar-refractivity contribution in [2.75, 3.05) is 12.4 Å². The molecule has 0 atom stereocenters. The van der Waals surface area contributed by atoms with Gasteiger partial charge in [-0.05, 0) is 19.1 Å². The third kappa shape index (κ3) is 3.30. The lowest BCUT2D eigenvalue weighted by Gasteiger charge is -2.04. The third-order valence-corrected chi connectivity index (χ3v) is 1.82. The van der Waals surface area contributed by atoms with Crippen LogP contribution in [-0.2, 0) is 14.3 Å². The Morgan fingerprint density at radius 2 is 2.19 bits per heavy atom. The first-order valence-corrected chi connectivity index (χ1v) is 4.52. The van der Waals surface area contributed by atoms with E-state index in [1.165, 1.54) is 26.2 Å². The molecule has 1 N–H and O–H groups in total. The standard InChI is InChI=1S/C10H11FN2O3/c1-6-7(11)3-4-8(12-6)13-9(14)5-10(15)16-2/h3-4H,5H2,1-2H3,(H,12,13,14). The monoisotopic (exact) mass is 226 g/mol. The van der Waals surface area contributed by atoms with Crippen LogP contribution in [0.15, 0.2) is 12.1 Å². The maximum atomic E-state index is 12.9. The fraction of sp³-hybridized carbons (Fsp3) is 0.300. The van der Waals surface area contributed by atoms with Crippen molar-refractivity contribution in [3.63, 3.8) is 0 Å². The molecule has 0 aromatic carbocycles. The molecular weight excluding hydrogens is 215 g/mol. The van der Waals surface area contributed by atoms with E-state index in [0.29, 0.717) is 0 Å². The summed E-state index contributed by atoms with van der Waals surface area (Å²) in [7, 11) is 1.19. The minimum Gasteiger partial charge on any atom is -0.469 e. The largest absolute Gasteiger partial charge is 0.469 e. The molecule has 1 aromatic heterocycles. The fourth-order valence-corrected chi connectivity index (χ4v) is 1.00. The molecule has 5 nitrogen and oxygen atoms in total. The van der Waals surface area contributed by atoms with Gasteiger partial charge in [0.05, 0.1) is 12.8 Å². The number of hydrogen-bond donors (Lipinski definition) is 1. The van der Waals surface area contributed by atoms with Gasteiger partial charge in [0, 0.05) is 0 Å². The Kier molecular flexibility index (Phi) is 3.93. The summed E-state index contributed by atoms with van der Waals surface area (Å²) in [6.45, 7) is 1.48. The normalized spacial score (nSPS) is 9.69. The third-order valence-electron chi connectivity index (χ3n) is 1.82. The lowest BCUT2D eigenvalue weighted by atomic mass is 10.3. The Morgan fingerprint density at radius 3 is 2.75 bits per heavy atom. The van der Waals surface area contributed by atoms with Gasteiger partial charge in [0.15, 0.2) is 0 Å². The summed E-state index contributed by atoms with van der Waals surface area (Å²) in [5.74, 6) is -1.44. The van der Waals surface area contributed by atoms with Crippen LogP contribution >= 0.6 is 0 Å². The van der Waals surface area contributed by atoms with E-state index in [2.05, 4.69) is 15.0 Å². The van der Waals surface area contributed by atoms with E-state index in [-0.39, 0.29) is 11.5 Å². The quantitative estimate of drug-likeness (QED) is 0.617. The van der Waals surface area contributed by atoms with Crippen LogP contribution in [-0.4, -0.2) is 24.0 Å². The number of hydrogen-bond acceptors (Lipinski definition) is 4. The first-order chi connectivity index (χ1) is 7.52. The lowest BCUT2D eigenvalue weighted by Crippen LogP contribution is -2.18. The highest BCUT2D eigenvalue weighted by molar-refractivity contribution is 6.01. The minimum atomic E-state index is -0.642. The van der Waals surface area contributed by atoms with Gasteiger partial charge in [-0.1, -0.05) is 0 Å². The number of nitrogens with zero attached hydrogens (tertiary/aromatic N) is 1. The number of rotatable bonds is 3. The molecule has 0 aliphatic rings. The van der Waals surface area contributed by atoms with Crippen molar-refractivity contribution < 1.29 is 18.7 Å². The highest BCUT2D eigenvalue weighted by atomic mass is 19.1. The van der Waals surface area contributed by atoms with Gasteiger partial charge in [-0.3, -0.25) is 9.59 Å². The molecule has 1 rings (SSSR count). The van der Waals surface area contributed by atoms with Gasteiger partial charge in [0.2, 0.25) is 5.91 Å². The van der Waals surface area contributed by atoms with E-state index >= 15 is 0 Å². The maximum Gasteiger partial charge on any atom is 0.315 e. The molecule has 0 fully saturated rings. The van der Waals surface area contributed by atoms with Crippen molar-refractivity contribution in [1.82, 2.24) is 4.98 Å². The van der Waals surface area contributed by atoms with Crippen LogP contribution in [0, 0.1) is 12.7 Å². The van der Waals surface area contributed by atoms with E-state index in [4.69, 9.17) is 0 Å². The molecule has 0 saturated carbocycles. The van der Waals surface area contributed by atoms with Crippen molar-refractivity contribution in [2.24, 2.45) is 0 Å². The molecule has 0 aliphatic heterocycles. The number of halogens is 1. The second-order valence-corrected chi connectivity index (χ2v) is 3.06. The smallest absolute Gasteiger partial charge is 0.315 e. The minimum absolute atomic E-state index is 0.177. The SMILES string of the molecule is COC(=O)CC(=O)Nc1ccc(F)c(C)n1. The number of aromatic nitrogens is 1. The number of nitrogens with one attached hydrogen (secondary N) is 1. The molecule has 1 heterocycles. The zero-order valence-electron chi connectivity index (χ0n) is 8.91. The number of aryl methyl sites for hydroxylation is 1. The molecule has 16 heavy (non-hydrogen) atoms. The van der Waals surface area contributed by atoms with Crippen molar-refractivity contribution >= 4 is 17.7 Å². The molecule has 6 heteroatoms. The summed E-state index contributed by atoms with van der Waals surface area (Å²) < 4.78 is 17.2. The van der Waals surface area contributed by atoms with E-state index in [1.807, 2.05) is 0 Å². The van der Waals surface area contributed by atoms with Gasteiger partial charge >= 0.3 is 5.97 Å². The van der Waals surface area contributed by atoms with E-state index in [0.717, 1.165) is 0 Å². The van der Waals surface area contributed by atoms with Gasteiger partial charge in [0.1, 0.15) is 18.1 Å². The van der Waals surface area contributed by atoms with Crippen LogP contribution in [0.1, 0.15) is 12.1 Å². The number of carbonyl (C=O) groups is 2. The summed E-state index contributed by atoms with van der Waals surface area (Å²) in [6.07, 6.45) is -0.394. The van der Waals surface area contributed by atoms with Crippen LogP contribution in [0.4, 0.5) is 10.2 Å². The molecule has 86 valence electrons. The number of ether oxygens (including phenoxy) is 1. The molecule has 1 aromatic rings. The zero-order chi connectivity index (χ0) is 12.1. The van der Waals surface area contributed by atoms with Crippen LogP contribution in [0.5, 0.6) is 0 Å². The van der Waals surface area contributed by atoms with E-state index < -0.39 is 24.1 Å². The van der Waals surface area contributed by atoms with Gasteiger partial charge in [-0.15, -0.1) is 0 Å². The van der Waals surface area contributed by atoms with Gasteiger partial charge in [-0.25, -0.2) is 9.37 Å². The number of esters is 1. The van der Waals surface area contributed by atoms with Crippen molar-refractivity contribution in [3.05, 3.63) is 23.6 Å². The van der Waals surface area contributed by atoms with Crippen molar-refractivity contribution in [3.8, 4) is 0 Å².